The number of nitrogen functional groups attached to an aromatic ring is 1. The van der Waals surface area contributed by atoms with E-state index in [0.29, 0.717) is 5.56 Å². The van der Waals surface area contributed by atoms with Crippen molar-refractivity contribution < 1.29 is 18.0 Å². The molecule has 0 aliphatic heterocycles. The summed E-state index contributed by atoms with van der Waals surface area (Å²) in [6, 6.07) is 4.33. The molecule has 0 radical (unpaired) electrons. The first kappa shape index (κ1) is 17.7. The molecule has 1 aromatic heterocycles. The quantitative estimate of drug-likeness (QED) is 0.928. The lowest BCUT2D eigenvalue weighted by Crippen LogP contribution is -2.34. The summed E-state index contributed by atoms with van der Waals surface area (Å²) >= 11 is 0. The molecule has 2 N–H and O–H groups in total. The molecule has 1 heterocycles. The molecule has 1 amide bonds. The van der Waals surface area contributed by atoms with Crippen LogP contribution in [0.4, 0.5) is 19.0 Å². The second kappa shape index (κ2) is 6.86. The van der Waals surface area contributed by atoms with Crippen LogP contribution in [0.15, 0.2) is 36.7 Å². The van der Waals surface area contributed by atoms with Gasteiger partial charge in [-0.25, -0.2) is 9.97 Å². The topological polar surface area (TPSA) is 72.1 Å². The third kappa shape index (κ3) is 3.64. The Balaban J connectivity index is 2.34. The number of anilines is 1. The highest BCUT2D eigenvalue weighted by molar-refractivity contribution is 5.96. The van der Waals surface area contributed by atoms with Gasteiger partial charge in [0.15, 0.2) is 11.5 Å². The maximum absolute atomic E-state index is 12.9. The van der Waals surface area contributed by atoms with Gasteiger partial charge in [-0.2, -0.15) is 13.2 Å². The predicted octanol–water partition coefficient (Wildman–Crippen LogP) is 3.30. The van der Waals surface area contributed by atoms with Gasteiger partial charge in [0.05, 0.1) is 11.6 Å². The molecule has 0 saturated heterocycles. The van der Waals surface area contributed by atoms with Crippen LogP contribution < -0.4 is 5.73 Å². The van der Waals surface area contributed by atoms with Crippen molar-refractivity contribution in [2.45, 2.75) is 26.1 Å². The maximum Gasteiger partial charge on any atom is 0.416 e. The molecule has 5 nitrogen and oxygen atoms in total. The molecule has 2 aromatic rings. The van der Waals surface area contributed by atoms with E-state index in [2.05, 4.69) is 9.97 Å². The van der Waals surface area contributed by atoms with Crippen LogP contribution >= 0.6 is 0 Å². The van der Waals surface area contributed by atoms with Gasteiger partial charge in [-0.1, -0.05) is 12.1 Å². The Labute approximate surface area is 137 Å². The molecule has 8 heteroatoms. The summed E-state index contributed by atoms with van der Waals surface area (Å²) in [5, 5.41) is 0. The monoisotopic (exact) mass is 338 g/mol. The van der Waals surface area contributed by atoms with Crippen LogP contribution in [0.5, 0.6) is 0 Å². The summed E-state index contributed by atoms with van der Waals surface area (Å²) in [4.78, 5) is 21.7. The molecule has 0 fully saturated rings. The highest BCUT2D eigenvalue weighted by Gasteiger charge is 2.32. The summed E-state index contributed by atoms with van der Waals surface area (Å²) in [5.74, 6) is -0.495. The summed E-state index contributed by atoms with van der Waals surface area (Å²) < 4.78 is 38.6. The molecule has 2 rings (SSSR count). The minimum atomic E-state index is -4.44. The van der Waals surface area contributed by atoms with Crippen molar-refractivity contribution in [3.8, 4) is 0 Å². The fourth-order valence-corrected chi connectivity index (χ4v) is 2.40. The lowest BCUT2D eigenvalue weighted by Gasteiger charge is -2.28. The first-order valence-electron chi connectivity index (χ1n) is 7.30. The average molecular weight is 338 g/mol. The Morgan fingerprint density at radius 1 is 1.29 bits per heavy atom. The van der Waals surface area contributed by atoms with Crippen LogP contribution in [0.3, 0.4) is 0 Å². The maximum atomic E-state index is 12.9. The zero-order valence-corrected chi connectivity index (χ0v) is 13.2. The van der Waals surface area contributed by atoms with Crippen LogP contribution in [-0.2, 0) is 6.18 Å². The Morgan fingerprint density at radius 3 is 2.54 bits per heavy atom. The number of carbonyl (C=O) groups excluding carboxylic acids is 1. The van der Waals surface area contributed by atoms with Gasteiger partial charge < -0.3 is 10.6 Å². The molecule has 0 bridgehead atoms. The van der Waals surface area contributed by atoms with Crippen molar-refractivity contribution in [1.29, 1.82) is 0 Å². The average Bonchev–Trinajstić information content (AvgIpc) is 2.55. The van der Waals surface area contributed by atoms with Crippen molar-refractivity contribution in [1.82, 2.24) is 14.9 Å². The Kier molecular flexibility index (Phi) is 5.06. The fourth-order valence-electron chi connectivity index (χ4n) is 2.40. The van der Waals surface area contributed by atoms with Crippen LogP contribution in [0.2, 0.25) is 0 Å². The second-order valence-electron chi connectivity index (χ2n) is 5.18. The number of carbonyl (C=O) groups is 1. The van der Waals surface area contributed by atoms with E-state index in [-0.39, 0.29) is 18.1 Å². The lowest BCUT2D eigenvalue weighted by atomic mass is 10.0. The van der Waals surface area contributed by atoms with Crippen molar-refractivity contribution in [3.05, 3.63) is 53.5 Å². The zero-order valence-electron chi connectivity index (χ0n) is 13.2. The largest absolute Gasteiger partial charge is 0.416 e. The van der Waals surface area contributed by atoms with Crippen molar-refractivity contribution in [2.24, 2.45) is 0 Å². The van der Waals surface area contributed by atoms with Crippen molar-refractivity contribution in [3.63, 3.8) is 0 Å². The zero-order chi connectivity index (χ0) is 17.9. The number of nitrogens with two attached hydrogens (primary N) is 1. The van der Waals surface area contributed by atoms with Gasteiger partial charge >= 0.3 is 6.18 Å². The normalized spacial score (nSPS) is 12.7. The highest BCUT2D eigenvalue weighted by atomic mass is 19.4. The Morgan fingerprint density at radius 2 is 1.96 bits per heavy atom. The summed E-state index contributed by atoms with van der Waals surface area (Å²) in [7, 11) is 0. The summed E-state index contributed by atoms with van der Waals surface area (Å²) in [6.07, 6.45) is -1.74. The Hall–Kier alpha value is -2.64. The number of aromatic nitrogens is 2. The fraction of sp³-hybridized carbons (Fsp3) is 0.312. The van der Waals surface area contributed by atoms with Gasteiger partial charge in [0.1, 0.15) is 0 Å². The first-order chi connectivity index (χ1) is 11.3. The van der Waals surface area contributed by atoms with Gasteiger partial charge in [-0.15, -0.1) is 0 Å². The van der Waals surface area contributed by atoms with E-state index in [1.54, 1.807) is 19.9 Å². The van der Waals surface area contributed by atoms with Gasteiger partial charge in [0.2, 0.25) is 0 Å². The second-order valence-corrected chi connectivity index (χ2v) is 5.18. The molecule has 0 spiro atoms. The van der Waals surface area contributed by atoms with Crippen LogP contribution in [0.25, 0.3) is 0 Å². The van der Waals surface area contributed by atoms with E-state index in [1.165, 1.54) is 23.4 Å². The van der Waals surface area contributed by atoms with Crippen LogP contribution in [-0.4, -0.2) is 27.3 Å². The molecule has 0 saturated carbocycles. The van der Waals surface area contributed by atoms with E-state index >= 15 is 0 Å². The summed E-state index contributed by atoms with van der Waals surface area (Å²) in [5.41, 5.74) is 5.27. The SMILES string of the molecule is CCN(C(=O)c1nccnc1N)[C@H](C)c1cccc(C(F)(F)F)c1. The van der Waals surface area contributed by atoms with Crippen molar-refractivity contribution in [2.75, 3.05) is 12.3 Å². The highest BCUT2D eigenvalue weighted by Crippen LogP contribution is 2.32. The molecule has 1 aromatic carbocycles. The number of halogens is 3. The number of rotatable bonds is 4. The molecule has 1 atom stereocenters. The standard InChI is InChI=1S/C16H17F3N4O/c1-3-23(15(24)13-14(20)22-8-7-21-13)10(2)11-5-4-6-12(9-11)16(17,18)19/h4-10H,3H2,1-2H3,(H2,20,22)/t10-/m1/s1. The molecule has 24 heavy (non-hydrogen) atoms. The molecular formula is C16H17F3N4O. The van der Waals surface area contributed by atoms with Crippen LogP contribution in [0.1, 0.15) is 41.5 Å². The molecule has 0 unspecified atom stereocenters. The van der Waals surface area contributed by atoms with Crippen molar-refractivity contribution >= 4 is 11.7 Å². The van der Waals surface area contributed by atoms with Gasteiger partial charge in [0, 0.05) is 18.9 Å². The number of benzene rings is 1. The van der Waals surface area contributed by atoms with E-state index in [1.807, 2.05) is 0 Å². The van der Waals surface area contributed by atoms with E-state index < -0.39 is 23.7 Å². The molecule has 128 valence electrons. The van der Waals surface area contributed by atoms with Gasteiger partial charge in [-0.3, -0.25) is 4.79 Å². The number of hydrogen-bond acceptors (Lipinski definition) is 4. The lowest BCUT2D eigenvalue weighted by molar-refractivity contribution is -0.137. The van der Waals surface area contributed by atoms with E-state index in [4.69, 9.17) is 5.73 Å². The smallest absolute Gasteiger partial charge is 0.382 e. The van der Waals surface area contributed by atoms with E-state index in [0.717, 1.165) is 12.1 Å². The predicted molar refractivity (Wildman–Crippen MR) is 83.0 cm³/mol. The summed E-state index contributed by atoms with van der Waals surface area (Å²) in [6.45, 7) is 3.67. The van der Waals surface area contributed by atoms with Gasteiger partial charge in [-0.05, 0) is 31.5 Å². The molecule has 0 aliphatic carbocycles. The molecule has 0 aliphatic rings. The minimum absolute atomic E-state index is 0.0156. The Bertz CT molecular complexity index is 733. The van der Waals surface area contributed by atoms with E-state index in [9.17, 15) is 18.0 Å². The number of nitrogens with zero attached hydrogens (tertiary/aromatic N) is 3. The van der Waals surface area contributed by atoms with Gasteiger partial charge in [0.25, 0.3) is 5.91 Å². The third-order valence-corrected chi connectivity index (χ3v) is 3.69. The number of amides is 1. The number of hydrogen-bond donors (Lipinski definition) is 1. The molecular weight excluding hydrogens is 321 g/mol. The number of alkyl halides is 3. The third-order valence-electron chi connectivity index (χ3n) is 3.69. The van der Waals surface area contributed by atoms with Crippen LogP contribution in [0, 0.1) is 0 Å². The first-order valence-corrected chi connectivity index (χ1v) is 7.30. The minimum Gasteiger partial charge on any atom is -0.382 e.